The smallest absolute Gasteiger partial charge is 0.118 e. The molecule has 4 nitrogen and oxygen atoms in total. The van der Waals surface area contributed by atoms with Gasteiger partial charge in [0.25, 0.3) is 0 Å². The van der Waals surface area contributed by atoms with Crippen molar-refractivity contribution in [1.29, 1.82) is 0 Å². The fraction of sp³-hybridized carbons (Fsp3) is 0.714. The van der Waals surface area contributed by atoms with Crippen molar-refractivity contribution >= 4 is 0 Å². The molecule has 18 heavy (non-hydrogen) atoms. The predicted octanol–water partition coefficient (Wildman–Crippen LogP) is 1.86. The number of nitrogens with zero attached hydrogens (tertiary/aromatic N) is 1. The Bertz CT molecular complexity index is 345. The third-order valence-corrected chi connectivity index (χ3v) is 3.32. The van der Waals surface area contributed by atoms with Gasteiger partial charge in [0.15, 0.2) is 0 Å². The summed E-state index contributed by atoms with van der Waals surface area (Å²) in [6, 6.07) is 4.12. The zero-order valence-electron chi connectivity index (χ0n) is 11.4. The molecule has 0 amide bonds. The van der Waals surface area contributed by atoms with Gasteiger partial charge in [-0.1, -0.05) is 0 Å². The Morgan fingerprint density at radius 3 is 2.94 bits per heavy atom. The largest absolute Gasteiger partial charge is 0.463 e. The molecule has 1 aliphatic heterocycles. The van der Waals surface area contributed by atoms with E-state index < -0.39 is 0 Å². The van der Waals surface area contributed by atoms with E-state index in [1.54, 1.807) is 0 Å². The summed E-state index contributed by atoms with van der Waals surface area (Å²) < 4.78 is 11.3. The molecule has 0 aliphatic carbocycles. The Morgan fingerprint density at radius 2 is 2.22 bits per heavy atom. The van der Waals surface area contributed by atoms with Gasteiger partial charge in [-0.15, -0.1) is 0 Å². The molecule has 0 radical (unpaired) electrons. The Kier molecular flexibility index (Phi) is 5.23. The van der Waals surface area contributed by atoms with E-state index >= 15 is 0 Å². The van der Waals surface area contributed by atoms with E-state index in [2.05, 4.69) is 23.3 Å². The fourth-order valence-electron chi connectivity index (χ4n) is 2.50. The van der Waals surface area contributed by atoms with Crippen LogP contribution < -0.4 is 5.32 Å². The van der Waals surface area contributed by atoms with Crippen LogP contribution in [0.2, 0.25) is 0 Å². The van der Waals surface area contributed by atoms with Crippen LogP contribution in [0.25, 0.3) is 0 Å². The minimum absolute atomic E-state index is 0.676. The van der Waals surface area contributed by atoms with Crippen molar-refractivity contribution in [3.63, 3.8) is 0 Å². The molecule has 0 aromatic carbocycles. The first-order valence-electron chi connectivity index (χ1n) is 6.76. The van der Waals surface area contributed by atoms with Crippen molar-refractivity contribution in [3.05, 3.63) is 23.7 Å². The van der Waals surface area contributed by atoms with Crippen LogP contribution >= 0.6 is 0 Å². The highest BCUT2D eigenvalue weighted by molar-refractivity contribution is 5.06. The molecule has 1 saturated heterocycles. The Morgan fingerprint density at radius 1 is 1.39 bits per heavy atom. The Labute approximate surface area is 109 Å². The second-order valence-electron chi connectivity index (χ2n) is 5.18. The van der Waals surface area contributed by atoms with Crippen LogP contribution in [-0.4, -0.2) is 38.8 Å². The second kappa shape index (κ2) is 6.92. The highest BCUT2D eigenvalue weighted by Gasteiger charge is 2.16. The number of hydrogen-bond donors (Lipinski definition) is 1. The number of nitrogens with one attached hydrogen (secondary N) is 1. The number of hydrogen-bond acceptors (Lipinski definition) is 4. The van der Waals surface area contributed by atoms with Gasteiger partial charge >= 0.3 is 0 Å². The first-order chi connectivity index (χ1) is 8.78. The summed E-state index contributed by atoms with van der Waals surface area (Å²) in [6.07, 6.45) is 2.49. The maximum absolute atomic E-state index is 5.75. The van der Waals surface area contributed by atoms with Crippen molar-refractivity contribution in [2.24, 2.45) is 5.92 Å². The van der Waals surface area contributed by atoms with Crippen molar-refractivity contribution in [3.8, 4) is 0 Å². The van der Waals surface area contributed by atoms with Crippen LogP contribution in [0.4, 0.5) is 0 Å². The molecule has 102 valence electrons. The van der Waals surface area contributed by atoms with Gasteiger partial charge in [0, 0.05) is 13.2 Å². The van der Waals surface area contributed by atoms with E-state index in [1.807, 2.05) is 13.1 Å². The van der Waals surface area contributed by atoms with E-state index in [-0.39, 0.29) is 0 Å². The molecule has 0 spiro atoms. The van der Waals surface area contributed by atoms with Crippen LogP contribution in [0.5, 0.6) is 0 Å². The molecular weight excluding hydrogens is 228 g/mol. The van der Waals surface area contributed by atoms with Gasteiger partial charge in [0.05, 0.1) is 19.7 Å². The summed E-state index contributed by atoms with van der Waals surface area (Å²) in [5.74, 6) is 2.72. The summed E-state index contributed by atoms with van der Waals surface area (Å²) in [7, 11) is 4.08. The SMILES string of the molecule is CNCc1ccc(CN(C)CC2CCCOC2)o1. The number of rotatable bonds is 6. The van der Waals surface area contributed by atoms with Crippen LogP contribution in [-0.2, 0) is 17.8 Å². The summed E-state index contributed by atoms with van der Waals surface area (Å²) in [4.78, 5) is 2.32. The van der Waals surface area contributed by atoms with Crippen LogP contribution in [0.3, 0.4) is 0 Å². The molecule has 1 aromatic heterocycles. The highest BCUT2D eigenvalue weighted by Crippen LogP contribution is 2.16. The average Bonchev–Trinajstić information content (AvgIpc) is 2.78. The molecule has 2 rings (SSSR count). The van der Waals surface area contributed by atoms with Crippen molar-refractivity contribution in [1.82, 2.24) is 10.2 Å². The Hall–Kier alpha value is -0.840. The lowest BCUT2D eigenvalue weighted by Gasteiger charge is -2.26. The molecule has 1 unspecified atom stereocenters. The van der Waals surface area contributed by atoms with Crippen LogP contribution in [0.1, 0.15) is 24.4 Å². The van der Waals surface area contributed by atoms with E-state index in [1.165, 1.54) is 12.8 Å². The Balaban J connectivity index is 1.76. The molecular formula is C14H24N2O2. The van der Waals surface area contributed by atoms with Gasteiger partial charge in [0.2, 0.25) is 0 Å². The predicted molar refractivity (Wildman–Crippen MR) is 71.3 cm³/mol. The van der Waals surface area contributed by atoms with Crippen LogP contribution in [0.15, 0.2) is 16.5 Å². The molecule has 0 bridgehead atoms. The summed E-state index contributed by atoms with van der Waals surface area (Å²) in [6.45, 7) is 4.60. The minimum Gasteiger partial charge on any atom is -0.463 e. The molecule has 0 saturated carbocycles. The number of ether oxygens (including phenoxy) is 1. The second-order valence-corrected chi connectivity index (χ2v) is 5.18. The summed E-state index contributed by atoms with van der Waals surface area (Å²) >= 11 is 0. The molecule has 1 atom stereocenters. The summed E-state index contributed by atoms with van der Waals surface area (Å²) in [5, 5.41) is 3.09. The highest BCUT2D eigenvalue weighted by atomic mass is 16.5. The van der Waals surface area contributed by atoms with Gasteiger partial charge in [-0.05, 0) is 45.0 Å². The van der Waals surface area contributed by atoms with Gasteiger partial charge < -0.3 is 14.5 Å². The van der Waals surface area contributed by atoms with E-state index in [4.69, 9.17) is 9.15 Å². The first kappa shape index (κ1) is 13.6. The van der Waals surface area contributed by atoms with Gasteiger partial charge in [-0.3, -0.25) is 4.90 Å². The average molecular weight is 252 g/mol. The topological polar surface area (TPSA) is 37.6 Å². The van der Waals surface area contributed by atoms with Gasteiger partial charge in [-0.2, -0.15) is 0 Å². The number of furan rings is 1. The molecule has 1 aliphatic rings. The van der Waals surface area contributed by atoms with E-state index in [0.717, 1.165) is 44.4 Å². The van der Waals surface area contributed by atoms with E-state index in [0.29, 0.717) is 5.92 Å². The lowest BCUT2D eigenvalue weighted by atomic mass is 10.0. The van der Waals surface area contributed by atoms with E-state index in [9.17, 15) is 0 Å². The summed E-state index contributed by atoms with van der Waals surface area (Å²) in [5.41, 5.74) is 0. The fourth-order valence-corrected chi connectivity index (χ4v) is 2.50. The standard InChI is InChI=1S/C14H24N2O2/c1-15-8-13-5-6-14(18-13)10-16(2)9-12-4-3-7-17-11-12/h5-6,12,15H,3-4,7-11H2,1-2H3. The third kappa shape index (κ3) is 4.12. The monoisotopic (exact) mass is 252 g/mol. The van der Waals surface area contributed by atoms with Crippen molar-refractivity contribution in [2.75, 3.05) is 33.9 Å². The van der Waals surface area contributed by atoms with Crippen molar-refractivity contribution < 1.29 is 9.15 Å². The molecule has 1 fully saturated rings. The molecule has 1 aromatic rings. The first-order valence-corrected chi connectivity index (χ1v) is 6.76. The maximum atomic E-state index is 5.75. The lowest BCUT2D eigenvalue weighted by Crippen LogP contribution is -2.30. The van der Waals surface area contributed by atoms with Crippen molar-refractivity contribution in [2.45, 2.75) is 25.9 Å². The maximum Gasteiger partial charge on any atom is 0.118 e. The van der Waals surface area contributed by atoms with Gasteiger partial charge in [-0.25, -0.2) is 0 Å². The third-order valence-electron chi connectivity index (χ3n) is 3.32. The normalized spacial score (nSPS) is 20.5. The quantitative estimate of drug-likeness (QED) is 0.838. The molecule has 4 heteroatoms. The van der Waals surface area contributed by atoms with Crippen LogP contribution in [0, 0.1) is 5.92 Å². The zero-order valence-corrected chi connectivity index (χ0v) is 11.4. The lowest BCUT2D eigenvalue weighted by molar-refractivity contribution is 0.0403. The molecule has 1 N–H and O–H groups in total. The molecule has 2 heterocycles. The minimum atomic E-state index is 0.676. The zero-order chi connectivity index (χ0) is 12.8. The van der Waals surface area contributed by atoms with Gasteiger partial charge in [0.1, 0.15) is 11.5 Å².